The van der Waals surface area contributed by atoms with Gasteiger partial charge in [0.2, 0.25) is 5.91 Å². The first kappa shape index (κ1) is 20.2. The number of nitrogens with one attached hydrogen (secondary N) is 1. The number of likely N-dealkylation sites (tertiary alicyclic amines) is 1. The maximum atomic E-state index is 12.3. The largest absolute Gasteiger partial charge is 0.299 e. The van der Waals surface area contributed by atoms with Crippen LogP contribution in [0.3, 0.4) is 0 Å². The summed E-state index contributed by atoms with van der Waals surface area (Å²) < 4.78 is 0.995. The zero-order valence-electron chi connectivity index (χ0n) is 15.3. The normalized spacial score (nSPS) is 15.6. The molecule has 0 radical (unpaired) electrons. The number of benzene rings is 2. The van der Waals surface area contributed by atoms with Gasteiger partial charge in [-0.05, 0) is 49.2 Å². The van der Waals surface area contributed by atoms with Gasteiger partial charge in [-0.2, -0.15) is 5.10 Å². The molecule has 3 rings (SSSR count). The molecule has 7 nitrogen and oxygen atoms in total. The summed E-state index contributed by atoms with van der Waals surface area (Å²) in [6.45, 7) is 2.35. The van der Waals surface area contributed by atoms with E-state index in [1.54, 1.807) is 18.3 Å². The molecule has 1 saturated heterocycles. The van der Waals surface area contributed by atoms with Crippen molar-refractivity contribution in [3.63, 3.8) is 0 Å². The lowest BCUT2D eigenvalue weighted by molar-refractivity contribution is -0.384. The molecule has 0 aliphatic carbocycles. The number of hydrogen-bond acceptors (Lipinski definition) is 5. The Morgan fingerprint density at radius 2 is 1.82 bits per heavy atom. The van der Waals surface area contributed by atoms with Crippen LogP contribution in [0.1, 0.15) is 24.0 Å². The maximum absolute atomic E-state index is 12.3. The molecule has 0 bridgehead atoms. The van der Waals surface area contributed by atoms with Crippen LogP contribution in [0.4, 0.5) is 5.69 Å². The van der Waals surface area contributed by atoms with Gasteiger partial charge in [-0.15, -0.1) is 0 Å². The molecule has 0 atom stereocenters. The first-order valence-corrected chi connectivity index (χ1v) is 9.85. The SMILES string of the molecule is O=C(N/N=C/c1ccc(Br)cc1)C1CCN(Cc2ccc([N+](=O)[O-])cc2)CC1. The van der Waals surface area contributed by atoms with E-state index in [2.05, 4.69) is 31.4 Å². The van der Waals surface area contributed by atoms with Crippen molar-refractivity contribution < 1.29 is 9.72 Å². The van der Waals surface area contributed by atoms with Gasteiger partial charge in [0.1, 0.15) is 0 Å². The summed E-state index contributed by atoms with van der Waals surface area (Å²) >= 11 is 3.38. The fourth-order valence-corrected chi connectivity index (χ4v) is 3.41. The highest BCUT2D eigenvalue weighted by Gasteiger charge is 2.24. The van der Waals surface area contributed by atoms with Crippen LogP contribution in [-0.4, -0.2) is 35.0 Å². The van der Waals surface area contributed by atoms with Crippen molar-refractivity contribution in [2.24, 2.45) is 11.0 Å². The zero-order valence-corrected chi connectivity index (χ0v) is 16.8. The topological polar surface area (TPSA) is 87.8 Å². The quantitative estimate of drug-likeness (QED) is 0.417. The molecule has 1 aliphatic rings. The number of halogens is 1. The summed E-state index contributed by atoms with van der Waals surface area (Å²) in [5.41, 5.74) is 4.69. The second-order valence-electron chi connectivity index (χ2n) is 6.76. The molecular formula is C20H21BrN4O3. The predicted octanol–water partition coefficient (Wildman–Crippen LogP) is 3.72. The van der Waals surface area contributed by atoms with E-state index in [0.717, 1.165) is 48.1 Å². The number of carbonyl (C=O) groups excluding carboxylic acids is 1. The smallest absolute Gasteiger partial charge is 0.269 e. The number of amides is 1. The van der Waals surface area contributed by atoms with Gasteiger partial charge >= 0.3 is 0 Å². The average Bonchev–Trinajstić information content (AvgIpc) is 2.70. The van der Waals surface area contributed by atoms with Crippen molar-refractivity contribution in [3.05, 3.63) is 74.2 Å². The summed E-state index contributed by atoms with van der Waals surface area (Å²) in [4.78, 5) is 24.9. The number of piperidine rings is 1. The Kier molecular flexibility index (Phi) is 6.89. The Bertz CT molecular complexity index is 845. The number of hydrogen-bond donors (Lipinski definition) is 1. The third kappa shape index (κ3) is 5.71. The number of nitro benzene ring substituents is 1. The second kappa shape index (κ2) is 9.57. The van der Waals surface area contributed by atoms with Gasteiger partial charge in [-0.3, -0.25) is 19.8 Å². The zero-order chi connectivity index (χ0) is 19.9. The summed E-state index contributed by atoms with van der Waals surface area (Å²) in [6.07, 6.45) is 3.17. The number of rotatable bonds is 6. The maximum Gasteiger partial charge on any atom is 0.269 e. The fourth-order valence-electron chi connectivity index (χ4n) is 3.15. The van der Waals surface area contributed by atoms with Crippen molar-refractivity contribution in [2.75, 3.05) is 13.1 Å². The molecule has 2 aromatic carbocycles. The van der Waals surface area contributed by atoms with Gasteiger partial charge in [-0.1, -0.05) is 40.2 Å². The van der Waals surface area contributed by atoms with Crippen molar-refractivity contribution >= 4 is 33.7 Å². The third-order valence-corrected chi connectivity index (χ3v) is 5.30. The molecule has 0 unspecified atom stereocenters. The minimum atomic E-state index is -0.396. The Morgan fingerprint density at radius 1 is 1.18 bits per heavy atom. The Labute approximate surface area is 171 Å². The highest BCUT2D eigenvalue weighted by Crippen LogP contribution is 2.20. The van der Waals surface area contributed by atoms with Crippen LogP contribution in [0.25, 0.3) is 0 Å². The van der Waals surface area contributed by atoms with E-state index in [9.17, 15) is 14.9 Å². The van der Waals surface area contributed by atoms with Crippen LogP contribution in [0, 0.1) is 16.0 Å². The Morgan fingerprint density at radius 3 is 2.43 bits per heavy atom. The molecule has 1 aliphatic heterocycles. The highest BCUT2D eigenvalue weighted by atomic mass is 79.9. The molecule has 1 heterocycles. The van der Waals surface area contributed by atoms with Crippen LogP contribution in [0.15, 0.2) is 58.1 Å². The van der Waals surface area contributed by atoms with Gasteiger partial charge in [0.15, 0.2) is 0 Å². The lowest BCUT2D eigenvalue weighted by atomic mass is 9.96. The van der Waals surface area contributed by atoms with E-state index >= 15 is 0 Å². The number of non-ortho nitro benzene ring substituents is 1. The van der Waals surface area contributed by atoms with Crippen molar-refractivity contribution in [1.82, 2.24) is 10.3 Å². The molecule has 1 N–H and O–H groups in total. The summed E-state index contributed by atoms with van der Waals surface area (Å²) in [7, 11) is 0. The van der Waals surface area contributed by atoms with Crippen molar-refractivity contribution in [2.45, 2.75) is 19.4 Å². The van der Waals surface area contributed by atoms with Crippen molar-refractivity contribution in [3.8, 4) is 0 Å². The first-order valence-electron chi connectivity index (χ1n) is 9.05. The molecule has 0 aromatic heterocycles. The van der Waals surface area contributed by atoms with Crippen LogP contribution < -0.4 is 5.43 Å². The fraction of sp³-hybridized carbons (Fsp3) is 0.300. The Hall–Kier alpha value is -2.58. The van der Waals surface area contributed by atoms with Gasteiger partial charge < -0.3 is 0 Å². The van der Waals surface area contributed by atoms with E-state index < -0.39 is 4.92 Å². The minimum absolute atomic E-state index is 0.0461. The van der Waals surface area contributed by atoms with E-state index in [0.29, 0.717) is 0 Å². The van der Waals surface area contributed by atoms with Crippen LogP contribution in [0.2, 0.25) is 0 Å². The number of nitro groups is 1. The van der Waals surface area contributed by atoms with Crippen molar-refractivity contribution in [1.29, 1.82) is 0 Å². The Balaban J connectivity index is 1.43. The number of nitrogens with zero attached hydrogens (tertiary/aromatic N) is 3. The minimum Gasteiger partial charge on any atom is -0.299 e. The average molecular weight is 445 g/mol. The first-order chi connectivity index (χ1) is 13.5. The van der Waals surface area contributed by atoms with Crippen LogP contribution >= 0.6 is 15.9 Å². The van der Waals surface area contributed by atoms with Gasteiger partial charge in [-0.25, -0.2) is 5.43 Å². The number of carbonyl (C=O) groups is 1. The molecule has 146 valence electrons. The monoisotopic (exact) mass is 444 g/mol. The van der Waals surface area contributed by atoms with E-state index in [-0.39, 0.29) is 17.5 Å². The summed E-state index contributed by atoms with van der Waals surface area (Å²) in [5, 5.41) is 14.8. The lowest BCUT2D eigenvalue weighted by Crippen LogP contribution is -2.39. The van der Waals surface area contributed by atoms with Crippen LogP contribution in [0.5, 0.6) is 0 Å². The van der Waals surface area contributed by atoms with Gasteiger partial charge in [0, 0.05) is 29.1 Å². The van der Waals surface area contributed by atoms with Crippen LogP contribution in [-0.2, 0) is 11.3 Å². The summed E-state index contributed by atoms with van der Waals surface area (Å²) in [5.74, 6) is -0.0986. The number of hydrazone groups is 1. The van der Waals surface area contributed by atoms with E-state index in [4.69, 9.17) is 0 Å². The highest BCUT2D eigenvalue weighted by molar-refractivity contribution is 9.10. The van der Waals surface area contributed by atoms with E-state index in [1.807, 2.05) is 24.3 Å². The molecule has 1 fully saturated rings. The van der Waals surface area contributed by atoms with Gasteiger partial charge in [0.25, 0.3) is 5.69 Å². The predicted molar refractivity (Wildman–Crippen MR) is 111 cm³/mol. The third-order valence-electron chi connectivity index (χ3n) is 4.77. The lowest BCUT2D eigenvalue weighted by Gasteiger charge is -2.30. The van der Waals surface area contributed by atoms with Gasteiger partial charge in [0.05, 0.1) is 11.1 Å². The second-order valence-corrected chi connectivity index (χ2v) is 7.68. The van der Waals surface area contributed by atoms with E-state index in [1.165, 1.54) is 12.1 Å². The molecule has 0 spiro atoms. The summed E-state index contributed by atoms with van der Waals surface area (Å²) in [6, 6.07) is 14.3. The standard InChI is InChI=1S/C20H21BrN4O3/c21-18-5-1-15(2-6-18)13-22-23-20(26)17-9-11-24(12-10-17)14-16-3-7-19(8-4-16)25(27)28/h1-8,13,17H,9-12,14H2,(H,23,26)/b22-13+. The molecule has 1 amide bonds. The molecule has 0 saturated carbocycles. The molecular weight excluding hydrogens is 424 g/mol. The molecule has 8 heteroatoms. The molecule has 2 aromatic rings. The molecule has 28 heavy (non-hydrogen) atoms.